The molecule has 1 saturated carbocycles. The van der Waals surface area contributed by atoms with E-state index in [1.54, 1.807) is 0 Å². The van der Waals surface area contributed by atoms with Crippen molar-refractivity contribution < 1.29 is 4.74 Å². The van der Waals surface area contributed by atoms with Gasteiger partial charge in [0, 0.05) is 75.0 Å². The predicted octanol–water partition coefficient (Wildman–Crippen LogP) is 3.70. The van der Waals surface area contributed by atoms with Gasteiger partial charge in [-0.3, -0.25) is 4.90 Å². The van der Waals surface area contributed by atoms with Crippen molar-refractivity contribution in [3.63, 3.8) is 0 Å². The molecule has 2 aromatic carbocycles. The molecule has 0 radical (unpaired) electrons. The summed E-state index contributed by atoms with van der Waals surface area (Å²) in [6.07, 6.45) is 3.65. The third kappa shape index (κ3) is 5.37. The van der Waals surface area contributed by atoms with Gasteiger partial charge in [-0.1, -0.05) is 35.9 Å². The molecule has 7 rings (SSSR count). The first-order chi connectivity index (χ1) is 20.5. The van der Waals surface area contributed by atoms with E-state index in [1.165, 1.54) is 5.56 Å². The Balaban J connectivity index is 1.19. The Kier molecular flexibility index (Phi) is 7.57. The lowest BCUT2D eigenvalue weighted by molar-refractivity contribution is 0.0650. The second kappa shape index (κ2) is 11.5. The highest BCUT2D eigenvalue weighted by Gasteiger charge is 2.49. The fraction of sp³-hybridized carbons (Fsp3) is 0.531. The van der Waals surface area contributed by atoms with Crippen LogP contribution in [-0.2, 0) is 13.0 Å². The normalized spacial score (nSPS) is 22.5. The van der Waals surface area contributed by atoms with Crippen LogP contribution in [0.3, 0.4) is 0 Å². The third-order valence-electron chi connectivity index (χ3n) is 9.56. The predicted molar refractivity (Wildman–Crippen MR) is 167 cm³/mol. The maximum atomic E-state index is 9.34. The summed E-state index contributed by atoms with van der Waals surface area (Å²) >= 11 is 6.72. The van der Waals surface area contributed by atoms with Crippen molar-refractivity contribution >= 4 is 33.9 Å². The van der Waals surface area contributed by atoms with Crippen molar-refractivity contribution in [2.24, 2.45) is 0 Å². The average molecular weight is 587 g/mol. The number of hydrogen-bond donors (Lipinski definition) is 1. The van der Waals surface area contributed by atoms with Crippen molar-refractivity contribution in [1.82, 2.24) is 25.1 Å². The summed E-state index contributed by atoms with van der Waals surface area (Å²) in [6.45, 7) is 8.94. The first-order valence-corrected chi connectivity index (χ1v) is 15.6. The Morgan fingerprint density at radius 3 is 2.64 bits per heavy atom. The van der Waals surface area contributed by atoms with E-state index >= 15 is 0 Å². The zero-order valence-electron chi connectivity index (χ0n) is 24.4. The Morgan fingerprint density at radius 1 is 1.05 bits per heavy atom. The number of aromatic nitrogens is 2. The Bertz CT molecular complexity index is 1490. The fourth-order valence-electron chi connectivity index (χ4n) is 6.90. The standard InChI is InChI=1S/C32H39ClN8O/c1-38-16-18-41(19-17-38)32(10-11-32)22-42-31-36-27-21-39(28-7-3-5-23-4-2-6-26(33)29(23)28)14-9-25(27)30(37-31)40-15-13-35-24(20-40)8-12-34/h2-7,24,35H,8-11,13-22H2,1H3/t24-/m0/s1. The molecule has 1 aliphatic carbocycles. The van der Waals surface area contributed by atoms with E-state index in [-0.39, 0.29) is 11.6 Å². The average Bonchev–Trinajstić information content (AvgIpc) is 3.81. The molecule has 0 bridgehead atoms. The largest absolute Gasteiger partial charge is 0.461 e. The van der Waals surface area contributed by atoms with Crippen LogP contribution < -0.4 is 19.9 Å². The van der Waals surface area contributed by atoms with Gasteiger partial charge in [0.15, 0.2) is 0 Å². The van der Waals surface area contributed by atoms with E-state index in [2.05, 4.69) is 62.3 Å². The smallest absolute Gasteiger partial charge is 0.318 e. The van der Waals surface area contributed by atoms with Crippen LogP contribution in [0.15, 0.2) is 36.4 Å². The van der Waals surface area contributed by atoms with Crippen LogP contribution in [0.25, 0.3) is 10.8 Å². The second-order valence-electron chi connectivity index (χ2n) is 12.3. The molecule has 10 heteroatoms. The van der Waals surface area contributed by atoms with E-state index < -0.39 is 0 Å². The number of piperazine rings is 2. The lowest BCUT2D eigenvalue weighted by Crippen LogP contribution is -2.52. The SMILES string of the molecule is CN1CCN(C2(COc3nc4c(c(N5CCN[C@@H](CC#N)C5)n3)CCN(c3cccc5cccc(Cl)c35)C4)CC2)CC1. The molecular weight excluding hydrogens is 548 g/mol. The van der Waals surface area contributed by atoms with Crippen molar-refractivity contribution in [2.45, 2.75) is 43.8 Å². The summed E-state index contributed by atoms with van der Waals surface area (Å²) in [5, 5.41) is 15.8. The molecule has 1 atom stereocenters. The zero-order valence-corrected chi connectivity index (χ0v) is 25.1. The van der Waals surface area contributed by atoms with Gasteiger partial charge >= 0.3 is 6.01 Å². The van der Waals surface area contributed by atoms with E-state index in [1.807, 2.05) is 12.1 Å². The minimum atomic E-state index is 0.110. The van der Waals surface area contributed by atoms with Gasteiger partial charge in [-0.05, 0) is 43.8 Å². The number of ether oxygens (including phenoxy) is 1. The molecule has 1 aromatic heterocycles. The van der Waals surface area contributed by atoms with Crippen LogP contribution in [0.4, 0.5) is 11.5 Å². The number of benzene rings is 2. The van der Waals surface area contributed by atoms with Gasteiger partial charge in [0.05, 0.1) is 35.3 Å². The first kappa shape index (κ1) is 27.7. The molecule has 9 nitrogen and oxygen atoms in total. The van der Waals surface area contributed by atoms with Crippen molar-refractivity contribution in [2.75, 3.05) is 75.8 Å². The number of fused-ring (bicyclic) bond motifs is 2. The van der Waals surface area contributed by atoms with Crippen LogP contribution >= 0.6 is 11.6 Å². The molecule has 3 aromatic rings. The minimum Gasteiger partial charge on any atom is -0.461 e. The van der Waals surface area contributed by atoms with Crippen molar-refractivity contribution in [3.05, 3.63) is 52.7 Å². The first-order valence-electron chi connectivity index (χ1n) is 15.3. The highest BCUT2D eigenvalue weighted by atomic mass is 35.5. The number of rotatable bonds is 7. The number of nitrogens with one attached hydrogen (secondary N) is 1. The Hall–Kier alpha value is -3.16. The number of likely N-dealkylation sites (N-methyl/N-ethyl adjacent to an activating group) is 1. The van der Waals surface area contributed by atoms with E-state index in [0.717, 1.165) is 105 Å². The highest BCUT2D eigenvalue weighted by Crippen LogP contribution is 2.43. The molecule has 0 unspecified atom stereocenters. The molecule has 3 fully saturated rings. The number of halogens is 1. The number of anilines is 2. The Morgan fingerprint density at radius 2 is 1.86 bits per heavy atom. The molecule has 42 heavy (non-hydrogen) atoms. The minimum absolute atomic E-state index is 0.110. The molecule has 1 N–H and O–H groups in total. The molecule has 0 amide bonds. The van der Waals surface area contributed by atoms with Crippen LogP contribution in [0.1, 0.15) is 30.5 Å². The van der Waals surface area contributed by atoms with Gasteiger partial charge in [-0.2, -0.15) is 15.2 Å². The van der Waals surface area contributed by atoms with E-state index in [0.29, 0.717) is 25.6 Å². The summed E-state index contributed by atoms with van der Waals surface area (Å²) in [5.74, 6) is 0.972. The van der Waals surface area contributed by atoms with Gasteiger partial charge in [0.1, 0.15) is 12.4 Å². The summed E-state index contributed by atoms with van der Waals surface area (Å²) in [6, 6.07) is 15.4. The summed E-state index contributed by atoms with van der Waals surface area (Å²) in [5.41, 5.74) is 3.46. The van der Waals surface area contributed by atoms with E-state index in [9.17, 15) is 5.26 Å². The van der Waals surface area contributed by atoms with Crippen LogP contribution in [-0.4, -0.2) is 97.4 Å². The number of hydrogen-bond acceptors (Lipinski definition) is 9. The number of nitriles is 1. The quantitative estimate of drug-likeness (QED) is 0.445. The number of nitrogens with zero attached hydrogens (tertiary/aromatic N) is 7. The van der Waals surface area contributed by atoms with Crippen LogP contribution in [0.5, 0.6) is 6.01 Å². The monoisotopic (exact) mass is 586 g/mol. The van der Waals surface area contributed by atoms with Gasteiger partial charge in [0.2, 0.25) is 0 Å². The van der Waals surface area contributed by atoms with Gasteiger partial charge in [-0.15, -0.1) is 0 Å². The lowest BCUT2D eigenvalue weighted by atomic mass is 10.0. The van der Waals surface area contributed by atoms with Crippen LogP contribution in [0, 0.1) is 11.3 Å². The van der Waals surface area contributed by atoms with E-state index in [4.69, 9.17) is 26.3 Å². The second-order valence-corrected chi connectivity index (χ2v) is 12.7. The van der Waals surface area contributed by atoms with Gasteiger partial charge < -0.3 is 24.8 Å². The Labute approximate surface area is 253 Å². The molecule has 4 heterocycles. The zero-order chi connectivity index (χ0) is 28.7. The molecule has 4 aliphatic rings. The summed E-state index contributed by atoms with van der Waals surface area (Å²) < 4.78 is 6.50. The molecular formula is C32H39ClN8O. The molecule has 3 aliphatic heterocycles. The van der Waals surface area contributed by atoms with Gasteiger partial charge in [0.25, 0.3) is 0 Å². The van der Waals surface area contributed by atoms with Gasteiger partial charge in [-0.25, -0.2) is 0 Å². The molecule has 220 valence electrons. The summed E-state index contributed by atoms with van der Waals surface area (Å²) in [7, 11) is 2.20. The maximum absolute atomic E-state index is 9.34. The van der Waals surface area contributed by atoms with Crippen LogP contribution in [0.2, 0.25) is 5.02 Å². The lowest BCUT2D eigenvalue weighted by Gasteiger charge is -2.38. The topological polar surface area (TPSA) is 83.8 Å². The van der Waals surface area contributed by atoms with Crippen molar-refractivity contribution in [1.29, 1.82) is 5.26 Å². The maximum Gasteiger partial charge on any atom is 0.318 e. The molecule has 0 spiro atoms. The summed E-state index contributed by atoms with van der Waals surface area (Å²) in [4.78, 5) is 19.9. The highest BCUT2D eigenvalue weighted by molar-refractivity contribution is 6.36. The van der Waals surface area contributed by atoms with Crippen molar-refractivity contribution in [3.8, 4) is 12.1 Å². The fourth-order valence-corrected chi connectivity index (χ4v) is 7.18. The molecule has 2 saturated heterocycles. The third-order valence-corrected chi connectivity index (χ3v) is 9.87.